The van der Waals surface area contributed by atoms with E-state index < -0.39 is 16.1 Å². The van der Waals surface area contributed by atoms with Crippen molar-refractivity contribution in [3.63, 3.8) is 0 Å². The lowest BCUT2D eigenvalue weighted by Gasteiger charge is -2.32. The predicted molar refractivity (Wildman–Crippen MR) is 162 cm³/mol. The zero-order valence-corrected chi connectivity index (χ0v) is 24.9. The van der Waals surface area contributed by atoms with Crippen LogP contribution in [0.3, 0.4) is 0 Å². The van der Waals surface area contributed by atoms with E-state index in [1.807, 2.05) is 62.4 Å². The molecule has 3 aromatic rings. The van der Waals surface area contributed by atoms with E-state index in [0.29, 0.717) is 23.6 Å². The van der Waals surface area contributed by atoms with Crippen LogP contribution in [0.25, 0.3) is 0 Å². The smallest absolute Gasteiger partial charge is 0.243 e. The molecule has 0 aliphatic rings. The van der Waals surface area contributed by atoms with Gasteiger partial charge in [-0.25, -0.2) is 8.42 Å². The van der Waals surface area contributed by atoms with Crippen molar-refractivity contribution in [2.75, 3.05) is 17.1 Å². The van der Waals surface area contributed by atoms with Crippen molar-refractivity contribution in [1.29, 1.82) is 0 Å². The molecule has 0 aliphatic heterocycles. The van der Waals surface area contributed by atoms with Crippen LogP contribution < -0.4 is 9.62 Å². The number of rotatable bonds is 14. The first-order chi connectivity index (χ1) is 19.1. The Kier molecular flexibility index (Phi) is 11.6. The van der Waals surface area contributed by atoms with Crippen molar-refractivity contribution in [2.45, 2.75) is 58.2 Å². The van der Waals surface area contributed by atoms with Crippen molar-refractivity contribution in [3.05, 3.63) is 101 Å². The number of sulfonamides is 1. The quantitative estimate of drug-likeness (QED) is 0.274. The highest BCUT2D eigenvalue weighted by Crippen LogP contribution is 2.20. The molecule has 2 amide bonds. The summed E-state index contributed by atoms with van der Waals surface area (Å²) in [5.74, 6) is -0.445. The van der Waals surface area contributed by atoms with E-state index in [1.54, 1.807) is 41.3 Å². The Morgan fingerprint density at radius 1 is 0.900 bits per heavy atom. The third kappa shape index (κ3) is 9.38. The lowest BCUT2D eigenvalue weighted by molar-refractivity contribution is -0.141. The molecule has 0 radical (unpaired) electrons. The van der Waals surface area contributed by atoms with E-state index >= 15 is 0 Å². The molecule has 0 heterocycles. The summed E-state index contributed by atoms with van der Waals surface area (Å²) < 4.78 is 26.3. The van der Waals surface area contributed by atoms with Gasteiger partial charge >= 0.3 is 0 Å². The fourth-order valence-electron chi connectivity index (χ4n) is 4.38. The van der Waals surface area contributed by atoms with Gasteiger partial charge in [0.15, 0.2) is 0 Å². The van der Waals surface area contributed by atoms with E-state index in [9.17, 15) is 18.0 Å². The van der Waals surface area contributed by atoms with Gasteiger partial charge in [0.25, 0.3) is 0 Å². The second-order valence-corrected chi connectivity index (χ2v) is 12.3. The summed E-state index contributed by atoms with van der Waals surface area (Å²) in [7, 11) is -3.54. The van der Waals surface area contributed by atoms with Crippen molar-refractivity contribution >= 4 is 39.1 Å². The molecular weight excluding hydrogens is 546 g/mol. The Morgan fingerprint density at radius 2 is 1.50 bits per heavy atom. The summed E-state index contributed by atoms with van der Waals surface area (Å²) in [4.78, 5) is 29.0. The SMILES string of the molecule is CC[C@H](C)NC(=O)[C@@H](Cc1ccccc1)N(Cc1ccc(Cl)cc1)C(=O)CCCN(c1ccccc1)S(C)(=O)=O. The number of hydrogen-bond acceptors (Lipinski definition) is 4. The number of carbonyl (C=O) groups is 2. The van der Waals surface area contributed by atoms with E-state index in [2.05, 4.69) is 5.32 Å². The van der Waals surface area contributed by atoms with Crippen molar-refractivity contribution in [3.8, 4) is 0 Å². The van der Waals surface area contributed by atoms with Crippen LogP contribution in [0.15, 0.2) is 84.9 Å². The van der Waals surface area contributed by atoms with E-state index in [0.717, 1.165) is 23.8 Å². The molecule has 9 heteroatoms. The highest BCUT2D eigenvalue weighted by molar-refractivity contribution is 7.92. The average Bonchev–Trinajstić information content (AvgIpc) is 2.94. The van der Waals surface area contributed by atoms with Crippen molar-refractivity contribution in [1.82, 2.24) is 10.2 Å². The van der Waals surface area contributed by atoms with Gasteiger partial charge in [-0.3, -0.25) is 13.9 Å². The second-order valence-electron chi connectivity index (χ2n) is 9.95. The van der Waals surface area contributed by atoms with Crippen LogP contribution in [-0.2, 0) is 32.6 Å². The number of nitrogens with zero attached hydrogens (tertiary/aromatic N) is 2. The van der Waals surface area contributed by atoms with Crippen LogP contribution in [0.4, 0.5) is 5.69 Å². The van der Waals surface area contributed by atoms with Crippen LogP contribution in [0, 0.1) is 0 Å². The minimum atomic E-state index is -3.54. The zero-order valence-electron chi connectivity index (χ0n) is 23.3. The second kappa shape index (κ2) is 14.9. The Balaban J connectivity index is 1.88. The molecule has 0 aromatic heterocycles. The average molecular weight is 584 g/mol. The van der Waals surface area contributed by atoms with Crippen LogP contribution in [0.5, 0.6) is 0 Å². The number of nitrogens with one attached hydrogen (secondary N) is 1. The standard InChI is InChI=1S/C31H38ClN3O4S/c1-4-24(2)33-31(37)29(22-25-12-7-5-8-13-25)34(23-26-17-19-27(32)20-18-26)30(36)16-11-21-35(40(3,38)39)28-14-9-6-10-15-28/h5-10,12-15,17-20,24,29H,4,11,16,21-23H2,1-3H3,(H,33,37)/t24-,29+/m0/s1. The molecule has 40 heavy (non-hydrogen) atoms. The maximum absolute atomic E-state index is 13.8. The molecule has 0 spiro atoms. The summed E-state index contributed by atoms with van der Waals surface area (Å²) in [5, 5.41) is 3.64. The topological polar surface area (TPSA) is 86.8 Å². The lowest BCUT2D eigenvalue weighted by atomic mass is 10.0. The predicted octanol–water partition coefficient (Wildman–Crippen LogP) is 5.44. The molecular formula is C31H38ClN3O4S. The Morgan fingerprint density at radius 3 is 2.08 bits per heavy atom. The van der Waals surface area contributed by atoms with E-state index in [4.69, 9.17) is 11.6 Å². The van der Waals surface area contributed by atoms with Crippen LogP contribution >= 0.6 is 11.6 Å². The number of anilines is 1. The summed E-state index contributed by atoms with van der Waals surface area (Å²) in [6, 6.07) is 24.8. The highest BCUT2D eigenvalue weighted by Gasteiger charge is 2.31. The molecule has 3 aromatic carbocycles. The Labute approximate surface area is 243 Å². The van der Waals surface area contributed by atoms with Gasteiger partial charge in [-0.15, -0.1) is 0 Å². The molecule has 0 fully saturated rings. The largest absolute Gasteiger partial charge is 0.352 e. The maximum atomic E-state index is 13.8. The number of hydrogen-bond donors (Lipinski definition) is 1. The van der Waals surface area contributed by atoms with Gasteiger partial charge in [0.05, 0.1) is 11.9 Å². The van der Waals surface area contributed by atoms with Crippen LogP contribution in [0.2, 0.25) is 5.02 Å². The molecule has 3 rings (SSSR count). The molecule has 0 bridgehead atoms. The molecule has 0 saturated carbocycles. The van der Waals surface area contributed by atoms with Crippen LogP contribution in [-0.4, -0.2) is 50.0 Å². The number of halogens is 1. The monoisotopic (exact) mass is 583 g/mol. The third-order valence-electron chi connectivity index (χ3n) is 6.73. The first kappa shape index (κ1) is 31.2. The van der Waals surface area contributed by atoms with Gasteiger partial charge in [-0.05, 0) is 55.2 Å². The number of carbonyl (C=O) groups excluding carboxylic acids is 2. The maximum Gasteiger partial charge on any atom is 0.243 e. The van der Waals surface area contributed by atoms with Gasteiger partial charge in [-0.1, -0.05) is 79.2 Å². The van der Waals surface area contributed by atoms with E-state index in [-0.39, 0.29) is 37.4 Å². The first-order valence-electron chi connectivity index (χ1n) is 13.5. The van der Waals surface area contributed by atoms with Gasteiger partial charge in [0, 0.05) is 37.0 Å². The minimum absolute atomic E-state index is 0.0487. The summed E-state index contributed by atoms with van der Waals surface area (Å²) >= 11 is 6.09. The van der Waals surface area contributed by atoms with Gasteiger partial charge < -0.3 is 10.2 Å². The number of amides is 2. The van der Waals surface area contributed by atoms with Gasteiger partial charge in [0.1, 0.15) is 6.04 Å². The molecule has 0 unspecified atom stereocenters. The molecule has 0 saturated heterocycles. The Hall–Kier alpha value is -3.36. The lowest BCUT2D eigenvalue weighted by Crippen LogP contribution is -2.52. The molecule has 1 N–H and O–H groups in total. The van der Waals surface area contributed by atoms with Crippen molar-refractivity contribution in [2.24, 2.45) is 0 Å². The van der Waals surface area contributed by atoms with E-state index in [1.165, 1.54) is 4.31 Å². The van der Waals surface area contributed by atoms with Crippen LogP contribution in [0.1, 0.15) is 44.2 Å². The number of benzene rings is 3. The fraction of sp³-hybridized carbons (Fsp3) is 0.355. The number of para-hydroxylation sites is 1. The summed E-state index contributed by atoms with van der Waals surface area (Å²) in [6.07, 6.45) is 2.64. The minimum Gasteiger partial charge on any atom is -0.352 e. The normalized spacial score (nSPS) is 12.8. The zero-order chi connectivity index (χ0) is 29.1. The Bertz CT molecular complexity index is 1340. The first-order valence-corrected chi connectivity index (χ1v) is 15.7. The van der Waals surface area contributed by atoms with Gasteiger partial charge in [-0.2, -0.15) is 0 Å². The molecule has 7 nitrogen and oxygen atoms in total. The third-order valence-corrected chi connectivity index (χ3v) is 8.18. The molecule has 2 atom stereocenters. The van der Waals surface area contributed by atoms with Gasteiger partial charge in [0.2, 0.25) is 21.8 Å². The fourth-order valence-corrected chi connectivity index (χ4v) is 5.47. The highest BCUT2D eigenvalue weighted by atomic mass is 35.5. The summed E-state index contributed by atoms with van der Waals surface area (Å²) in [5.41, 5.74) is 2.33. The molecule has 214 valence electrons. The van der Waals surface area contributed by atoms with Crippen molar-refractivity contribution < 1.29 is 18.0 Å². The molecule has 0 aliphatic carbocycles. The summed E-state index contributed by atoms with van der Waals surface area (Å²) in [6.45, 7) is 4.29.